The van der Waals surface area contributed by atoms with E-state index in [4.69, 9.17) is 9.47 Å². The lowest BCUT2D eigenvalue weighted by Gasteiger charge is -2.11. The zero-order valence-corrected chi connectivity index (χ0v) is 6.96. The zero-order chi connectivity index (χ0) is 7.56. The first-order chi connectivity index (χ1) is 4.77. The van der Waals surface area contributed by atoms with Gasteiger partial charge < -0.3 is 9.47 Å². The molecule has 0 bridgehead atoms. The first-order valence-electron chi connectivity index (χ1n) is 3.96. The minimum absolute atomic E-state index is 0.0555. The van der Waals surface area contributed by atoms with Crippen LogP contribution in [0.2, 0.25) is 0 Å². The molecule has 10 heavy (non-hydrogen) atoms. The predicted octanol–water partition coefficient (Wildman–Crippen LogP) is 1.79. The molecule has 0 aromatic rings. The van der Waals surface area contributed by atoms with Crippen molar-refractivity contribution in [2.75, 3.05) is 7.11 Å². The highest BCUT2D eigenvalue weighted by molar-refractivity contribution is 4.73. The van der Waals surface area contributed by atoms with Crippen LogP contribution in [0.25, 0.3) is 0 Å². The van der Waals surface area contributed by atoms with Crippen molar-refractivity contribution in [2.24, 2.45) is 5.92 Å². The molecule has 0 N–H and O–H groups in total. The molecule has 2 unspecified atom stereocenters. The first kappa shape index (κ1) is 8.02. The second-order valence-electron chi connectivity index (χ2n) is 2.96. The normalized spacial score (nSPS) is 40.5. The summed E-state index contributed by atoms with van der Waals surface area (Å²) in [4.78, 5) is 0. The van der Waals surface area contributed by atoms with Gasteiger partial charge in [-0.1, -0.05) is 13.8 Å². The van der Waals surface area contributed by atoms with Crippen molar-refractivity contribution >= 4 is 0 Å². The van der Waals surface area contributed by atoms with E-state index in [0.717, 1.165) is 12.8 Å². The summed E-state index contributed by atoms with van der Waals surface area (Å²) < 4.78 is 10.6. The summed E-state index contributed by atoms with van der Waals surface area (Å²) in [7, 11) is 1.70. The van der Waals surface area contributed by atoms with Crippen molar-refractivity contribution in [3.8, 4) is 0 Å². The van der Waals surface area contributed by atoms with Crippen molar-refractivity contribution in [3.05, 3.63) is 0 Å². The van der Waals surface area contributed by atoms with E-state index in [1.165, 1.54) is 0 Å². The van der Waals surface area contributed by atoms with Gasteiger partial charge in [-0.3, -0.25) is 0 Å². The topological polar surface area (TPSA) is 18.5 Å². The van der Waals surface area contributed by atoms with E-state index in [2.05, 4.69) is 13.8 Å². The molecular weight excluding hydrogens is 128 g/mol. The molecule has 1 saturated heterocycles. The second-order valence-corrected chi connectivity index (χ2v) is 2.96. The summed E-state index contributed by atoms with van der Waals surface area (Å²) in [5.41, 5.74) is 0. The predicted molar refractivity (Wildman–Crippen MR) is 39.7 cm³/mol. The highest BCUT2D eigenvalue weighted by Crippen LogP contribution is 2.27. The Morgan fingerprint density at radius 1 is 1.60 bits per heavy atom. The molecular formula is C8H16O2. The molecule has 3 atom stereocenters. The average Bonchev–Trinajstić information content (AvgIpc) is 2.30. The standard InChI is InChI=1S/C8H16O2/c1-4-7-6(2)5-8(9-3)10-7/h6-8H,4-5H2,1-3H3/t6?,7?,8-/m0/s1. The van der Waals surface area contributed by atoms with Crippen LogP contribution < -0.4 is 0 Å². The molecule has 0 radical (unpaired) electrons. The minimum Gasteiger partial charge on any atom is -0.356 e. The van der Waals surface area contributed by atoms with Gasteiger partial charge in [0.15, 0.2) is 6.29 Å². The molecule has 0 saturated carbocycles. The molecule has 1 rings (SSSR count). The third kappa shape index (κ3) is 1.50. The molecule has 0 amide bonds. The van der Waals surface area contributed by atoms with E-state index in [9.17, 15) is 0 Å². The largest absolute Gasteiger partial charge is 0.356 e. The van der Waals surface area contributed by atoms with Gasteiger partial charge in [-0.05, 0) is 12.3 Å². The van der Waals surface area contributed by atoms with Gasteiger partial charge in [0, 0.05) is 13.5 Å². The first-order valence-corrected chi connectivity index (χ1v) is 3.96. The third-order valence-electron chi connectivity index (χ3n) is 2.19. The van der Waals surface area contributed by atoms with E-state index in [1.54, 1.807) is 7.11 Å². The van der Waals surface area contributed by atoms with Crippen molar-refractivity contribution in [3.63, 3.8) is 0 Å². The lowest BCUT2D eigenvalue weighted by molar-refractivity contribution is -0.115. The molecule has 1 heterocycles. The molecule has 0 aromatic heterocycles. The Bertz CT molecular complexity index is 103. The lowest BCUT2D eigenvalue weighted by Crippen LogP contribution is -2.13. The van der Waals surface area contributed by atoms with Crippen LogP contribution in [0.3, 0.4) is 0 Å². The smallest absolute Gasteiger partial charge is 0.157 e. The summed E-state index contributed by atoms with van der Waals surface area (Å²) in [6, 6.07) is 0. The summed E-state index contributed by atoms with van der Waals surface area (Å²) in [6.07, 6.45) is 2.63. The monoisotopic (exact) mass is 144 g/mol. The molecule has 2 heteroatoms. The van der Waals surface area contributed by atoms with E-state index in [0.29, 0.717) is 12.0 Å². The molecule has 1 aliphatic heterocycles. The molecule has 1 aliphatic rings. The van der Waals surface area contributed by atoms with Crippen LogP contribution in [0.1, 0.15) is 26.7 Å². The minimum atomic E-state index is 0.0555. The molecule has 1 fully saturated rings. The average molecular weight is 144 g/mol. The Balaban J connectivity index is 2.36. The summed E-state index contributed by atoms with van der Waals surface area (Å²) in [5.74, 6) is 0.662. The van der Waals surface area contributed by atoms with Gasteiger partial charge in [-0.15, -0.1) is 0 Å². The fourth-order valence-electron chi connectivity index (χ4n) is 1.49. The quantitative estimate of drug-likeness (QED) is 0.588. The molecule has 0 spiro atoms. The van der Waals surface area contributed by atoms with Crippen molar-refractivity contribution < 1.29 is 9.47 Å². The van der Waals surface area contributed by atoms with Gasteiger partial charge in [-0.25, -0.2) is 0 Å². The van der Waals surface area contributed by atoms with E-state index in [-0.39, 0.29) is 6.29 Å². The fraction of sp³-hybridized carbons (Fsp3) is 1.00. The molecule has 0 aromatic carbocycles. The second kappa shape index (κ2) is 3.35. The number of methoxy groups -OCH3 is 1. The van der Waals surface area contributed by atoms with E-state index in [1.807, 2.05) is 0 Å². The van der Waals surface area contributed by atoms with Gasteiger partial charge in [0.2, 0.25) is 0 Å². The zero-order valence-electron chi connectivity index (χ0n) is 6.96. The maximum absolute atomic E-state index is 5.55. The van der Waals surface area contributed by atoms with Gasteiger partial charge in [0.05, 0.1) is 6.10 Å². The van der Waals surface area contributed by atoms with Crippen molar-refractivity contribution in [2.45, 2.75) is 39.1 Å². The summed E-state index contributed by atoms with van der Waals surface area (Å²) in [6.45, 7) is 4.37. The molecule has 0 aliphatic carbocycles. The number of hydrogen-bond donors (Lipinski definition) is 0. The number of hydrogen-bond acceptors (Lipinski definition) is 2. The molecule has 60 valence electrons. The summed E-state index contributed by atoms with van der Waals surface area (Å²) in [5, 5.41) is 0. The van der Waals surface area contributed by atoms with Crippen LogP contribution in [0, 0.1) is 5.92 Å². The van der Waals surface area contributed by atoms with Crippen LogP contribution in [0.5, 0.6) is 0 Å². The van der Waals surface area contributed by atoms with Crippen LogP contribution in [0.15, 0.2) is 0 Å². The maximum atomic E-state index is 5.55. The number of ether oxygens (including phenoxy) is 2. The van der Waals surface area contributed by atoms with Gasteiger partial charge in [-0.2, -0.15) is 0 Å². The van der Waals surface area contributed by atoms with Crippen LogP contribution in [-0.4, -0.2) is 19.5 Å². The summed E-state index contributed by atoms with van der Waals surface area (Å²) >= 11 is 0. The Hall–Kier alpha value is -0.0800. The van der Waals surface area contributed by atoms with Crippen molar-refractivity contribution in [1.82, 2.24) is 0 Å². The van der Waals surface area contributed by atoms with Crippen molar-refractivity contribution in [1.29, 1.82) is 0 Å². The van der Waals surface area contributed by atoms with Gasteiger partial charge in [0.1, 0.15) is 0 Å². The lowest BCUT2D eigenvalue weighted by atomic mass is 10.0. The van der Waals surface area contributed by atoms with E-state index >= 15 is 0 Å². The number of rotatable bonds is 2. The SMILES string of the molecule is CCC1O[C@H](OC)CC1C. The van der Waals surface area contributed by atoms with Crippen LogP contribution in [0.4, 0.5) is 0 Å². The fourth-order valence-corrected chi connectivity index (χ4v) is 1.49. The van der Waals surface area contributed by atoms with Crippen LogP contribution >= 0.6 is 0 Å². The maximum Gasteiger partial charge on any atom is 0.157 e. The molecule has 2 nitrogen and oxygen atoms in total. The van der Waals surface area contributed by atoms with Gasteiger partial charge >= 0.3 is 0 Å². The Kier molecular flexibility index (Phi) is 2.69. The third-order valence-corrected chi connectivity index (χ3v) is 2.19. The Morgan fingerprint density at radius 2 is 2.30 bits per heavy atom. The Labute approximate surface area is 62.5 Å². The van der Waals surface area contributed by atoms with E-state index < -0.39 is 0 Å². The highest BCUT2D eigenvalue weighted by Gasteiger charge is 2.30. The van der Waals surface area contributed by atoms with Crippen LogP contribution in [-0.2, 0) is 9.47 Å². The van der Waals surface area contributed by atoms with Gasteiger partial charge in [0.25, 0.3) is 0 Å². The Morgan fingerprint density at radius 3 is 2.60 bits per heavy atom. The highest BCUT2D eigenvalue weighted by atomic mass is 16.7.